The highest BCUT2D eigenvalue weighted by molar-refractivity contribution is 5.70. The van der Waals surface area contributed by atoms with Crippen molar-refractivity contribution in [2.24, 2.45) is 0 Å². The lowest BCUT2D eigenvalue weighted by atomic mass is 9.91. The summed E-state index contributed by atoms with van der Waals surface area (Å²) < 4.78 is 5.23. The number of amides is 1. The molecule has 1 rings (SSSR count). The number of rotatable bonds is 2. The number of nitriles is 1. The molecule has 5 nitrogen and oxygen atoms in total. The van der Waals surface area contributed by atoms with E-state index in [1.165, 1.54) is 0 Å². The molecule has 1 aliphatic heterocycles. The zero-order chi connectivity index (χ0) is 13.3. The average molecular weight is 239 g/mol. The second kappa shape index (κ2) is 4.53. The van der Waals surface area contributed by atoms with E-state index in [0.29, 0.717) is 13.1 Å². The number of ether oxygens (including phenoxy) is 1. The number of likely N-dealkylation sites (tertiary alicyclic amines) is 1. The molecule has 5 heteroatoms. The van der Waals surface area contributed by atoms with E-state index in [-0.39, 0.29) is 12.1 Å². The van der Waals surface area contributed by atoms with Crippen molar-refractivity contribution in [1.82, 2.24) is 10.2 Å². The molecule has 1 amide bonds. The van der Waals surface area contributed by atoms with Crippen LogP contribution in [-0.2, 0) is 4.74 Å². The van der Waals surface area contributed by atoms with Gasteiger partial charge in [-0.05, 0) is 34.6 Å². The fourth-order valence-corrected chi connectivity index (χ4v) is 1.81. The summed E-state index contributed by atoms with van der Waals surface area (Å²) in [6, 6.07) is 2.45. The Balaban J connectivity index is 2.50. The van der Waals surface area contributed by atoms with E-state index in [4.69, 9.17) is 10.00 Å². The van der Waals surface area contributed by atoms with Crippen molar-refractivity contribution in [1.29, 1.82) is 5.26 Å². The Kier molecular flexibility index (Phi) is 3.68. The van der Waals surface area contributed by atoms with Gasteiger partial charge < -0.3 is 9.64 Å². The Labute approximate surface area is 103 Å². The first-order valence-corrected chi connectivity index (χ1v) is 5.84. The van der Waals surface area contributed by atoms with E-state index in [2.05, 4.69) is 11.4 Å². The highest BCUT2D eigenvalue weighted by Gasteiger charge is 2.47. The standard InChI is InChI=1S/C12H21N3O2/c1-9(2)14-12(6-13)7-15(8-12)10(16)17-11(3,4)5/h9,14H,7-8H2,1-5H3. The minimum atomic E-state index is -0.606. The van der Waals surface area contributed by atoms with Gasteiger partial charge in [0, 0.05) is 6.04 Å². The lowest BCUT2D eigenvalue weighted by molar-refractivity contribution is -0.00620. The van der Waals surface area contributed by atoms with Crippen molar-refractivity contribution < 1.29 is 9.53 Å². The average Bonchev–Trinajstić information content (AvgIpc) is 2.06. The molecule has 1 fully saturated rings. The van der Waals surface area contributed by atoms with E-state index in [9.17, 15) is 4.79 Å². The third kappa shape index (κ3) is 3.60. The molecule has 0 spiro atoms. The molecule has 0 radical (unpaired) electrons. The number of carbonyl (C=O) groups excluding carboxylic acids is 1. The van der Waals surface area contributed by atoms with E-state index in [1.54, 1.807) is 4.90 Å². The maximum atomic E-state index is 11.7. The van der Waals surface area contributed by atoms with Crippen LogP contribution in [0.5, 0.6) is 0 Å². The zero-order valence-corrected chi connectivity index (χ0v) is 11.2. The van der Waals surface area contributed by atoms with Gasteiger partial charge in [-0.15, -0.1) is 0 Å². The molecule has 0 atom stereocenters. The Morgan fingerprint density at radius 2 is 2.00 bits per heavy atom. The number of nitrogens with zero attached hydrogens (tertiary/aromatic N) is 2. The van der Waals surface area contributed by atoms with Crippen LogP contribution in [0, 0.1) is 11.3 Å². The minimum absolute atomic E-state index is 0.218. The summed E-state index contributed by atoms with van der Waals surface area (Å²) in [7, 11) is 0. The van der Waals surface area contributed by atoms with Gasteiger partial charge in [0.15, 0.2) is 0 Å². The Bertz CT molecular complexity index is 333. The molecular formula is C12H21N3O2. The fourth-order valence-electron chi connectivity index (χ4n) is 1.81. The molecule has 17 heavy (non-hydrogen) atoms. The summed E-state index contributed by atoms with van der Waals surface area (Å²) in [4.78, 5) is 13.2. The second-order valence-corrected chi connectivity index (χ2v) is 5.83. The third-order valence-electron chi connectivity index (χ3n) is 2.35. The molecule has 0 aromatic heterocycles. The topological polar surface area (TPSA) is 65.4 Å². The van der Waals surface area contributed by atoms with Gasteiger partial charge in [0.05, 0.1) is 19.2 Å². The normalized spacial score (nSPS) is 18.5. The fraction of sp³-hybridized carbons (Fsp3) is 0.833. The van der Waals surface area contributed by atoms with Crippen molar-refractivity contribution in [3.8, 4) is 6.07 Å². The van der Waals surface area contributed by atoms with Crippen LogP contribution in [0.15, 0.2) is 0 Å². The first kappa shape index (κ1) is 13.8. The van der Waals surface area contributed by atoms with Gasteiger partial charge in [-0.1, -0.05) is 0 Å². The quantitative estimate of drug-likeness (QED) is 0.793. The van der Waals surface area contributed by atoms with Crippen molar-refractivity contribution in [3.05, 3.63) is 0 Å². The molecule has 0 aliphatic carbocycles. The van der Waals surface area contributed by atoms with Gasteiger partial charge in [-0.25, -0.2) is 4.79 Å². The first-order chi connectivity index (χ1) is 7.67. The molecule has 1 heterocycles. The van der Waals surface area contributed by atoms with Crippen LogP contribution in [0.1, 0.15) is 34.6 Å². The molecule has 0 aromatic carbocycles. The molecule has 1 saturated heterocycles. The van der Waals surface area contributed by atoms with Gasteiger partial charge in [0.2, 0.25) is 0 Å². The summed E-state index contributed by atoms with van der Waals surface area (Å²) in [6.45, 7) is 10.2. The zero-order valence-electron chi connectivity index (χ0n) is 11.2. The molecule has 0 saturated carbocycles. The van der Waals surface area contributed by atoms with E-state index in [1.807, 2.05) is 34.6 Å². The van der Waals surface area contributed by atoms with Crippen LogP contribution in [-0.4, -0.2) is 41.3 Å². The minimum Gasteiger partial charge on any atom is -0.444 e. The number of carbonyl (C=O) groups is 1. The van der Waals surface area contributed by atoms with E-state index >= 15 is 0 Å². The maximum absolute atomic E-state index is 11.7. The molecule has 0 bridgehead atoms. The summed E-state index contributed by atoms with van der Waals surface area (Å²) in [5.74, 6) is 0. The highest BCUT2D eigenvalue weighted by atomic mass is 16.6. The maximum Gasteiger partial charge on any atom is 0.410 e. The Morgan fingerprint density at radius 3 is 2.35 bits per heavy atom. The van der Waals surface area contributed by atoms with Gasteiger partial charge in [-0.2, -0.15) is 5.26 Å². The predicted octanol–water partition coefficient (Wildman–Crippen LogP) is 1.50. The first-order valence-electron chi connectivity index (χ1n) is 5.84. The van der Waals surface area contributed by atoms with Crippen LogP contribution >= 0.6 is 0 Å². The van der Waals surface area contributed by atoms with Crippen molar-refractivity contribution >= 4 is 6.09 Å². The highest BCUT2D eigenvalue weighted by Crippen LogP contribution is 2.23. The molecule has 96 valence electrons. The molecular weight excluding hydrogens is 218 g/mol. The molecule has 1 N–H and O–H groups in total. The van der Waals surface area contributed by atoms with Crippen molar-refractivity contribution in [3.63, 3.8) is 0 Å². The monoisotopic (exact) mass is 239 g/mol. The molecule has 0 aromatic rings. The van der Waals surface area contributed by atoms with Gasteiger partial charge in [-0.3, -0.25) is 5.32 Å². The van der Waals surface area contributed by atoms with Crippen LogP contribution < -0.4 is 5.32 Å². The summed E-state index contributed by atoms with van der Waals surface area (Å²) in [5, 5.41) is 12.3. The Hall–Kier alpha value is -1.28. The largest absolute Gasteiger partial charge is 0.444 e. The second-order valence-electron chi connectivity index (χ2n) is 5.83. The van der Waals surface area contributed by atoms with Crippen LogP contribution in [0.2, 0.25) is 0 Å². The van der Waals surface area contributed by atoms with Gasteiger partial charge in [0.25, 0.3) is 0 Å². The van der Waals surface area contributed by atoms with Crippen LogP contribution in [0.4, 0.5) is 4.79 Å². The Morgan fingerprint density at radius 1 is 1.47 bits per heavy atom. The number of nitrogens with one attached hydrogen (secondary N) is 1. The van der Waals surface area contributed by atoms with Gasteiger partial charge >= 0.3 is 6.09 Å². The SMILES string of the molecule is CC(C)NC1(C#N)CN(C(=O)OC(C)(C)C)C1. The van der Waals surface area contributed by atoms with Gasteiger partial charge in [0.1, 0.15) is 11.1 Å². The van der Waals surface area contributed by atoms with Crippen molar-refractivity contribution in [2.45, 2.75) is 51.8 Å². The lowest BCUT2D eigenvalue weighted by Crippen LogP contribution is -2.71. The van der Waals surface area contributed by atoms with E-state index < -0.39 is 11.1 Å². The number of hydrogen-bond donors (Lipinski definition) is 1. The van der Waals surface area contributed by atoms with Crippen molar-refractivity contribution in [2.75, 3.05) is 13.1 Å². The summed E-state index contributed by atoms with van der Waals surface area (Å²) in [5.41, 5.74) is -1.10. The van der Waals surface area contributed by atoms with Crippen LogP contribution in [0.25, 0.3) is 0 Å². The lowest BCUT2D eigenvalue weighted by Gasteiger charge is -2.46. The molecule has 1 aliphatic rings. The smallest absolute Gasteiger partial charge is 0.410 e. The third-order valence-corrected chi connectivity index (χ3v) is 2.35. The summed E-state index contributed by atoms with van der Waals surface area (Å²) >= 11 is 0. The summed E-state index contributed by atoms with van der Waals surface area (Å²) in [6.07, 6.45) is -0.353. The number of hydrogen-bond acceptors (Lipinski definition) is 4. The molecule has 0 unspecified atom stereocenters. The van der Waals surface area contributed by atoms with E-state index in [0.717, 1.165) is 0 Å². The van der Waals surface area contributed by atoms with Crippen LogP contribution in [0.3, 0.4) is 0 Å². The predicted molar refractivity (Wildman–Crippen MR) is 64.4 cm³/mol.